The smallest absolute Gasteiger partial charge is 0.257 e. The molecule has 1 amide bonds. The van der Waals surface area contributed by atoms with Crippen molar-refractivity contribution in [3.63, 3.8) is 0 Å². The average molecular weight is 499 g/mol. The molecule has 1 fully saturated rings. The lowest BCUT2D eigenvalue weighted by Gasteiger charge is -2.34. The van der Waals surface area contributed by atoms with E-state index >= 15 is 0 Å². The van der Waals surface area contributed by atoms with E-state index in [1.807, 2.05) is 38.1 Å². The Balaban J connectivity index is 1.52. The van der Waals surface area contributed by atoms with Gasteiger partial charge in [0.25, 0.3) is 5.91 Å². The molecule has 9 nitrogen and oxygen atoms in total. The molecule has 0 unspecified atom stereocenters. The minimum atomic E-state index is -3.83. The van der Waals surface area contributed by atoms with E-state index in [9.17, 15) is 13.2 Å². The van der Waals surface area contributed by atoms with Crippen LogP contribution in [0.15, 0.2) is 53.6 Å². The summed E-state index contributed by atoms with van der Waals surface area (Å²) in [6.07, 6.45) is 2.24. The van der Waals surface area contributed by atoms with Crippen LogP contribution >= 0.6 is 0 Å². The molecule has 3 aromatic rings. The molecule has 35 heavy (non-hydrogen) atoms. The van der Waals surface area contributed by atoms with Gasteiger partial charge in [-0.2, -0.15) is 9.40 Å². The number of sulfonamides is 1. The number of hydrogen-bond acceptors (Lipinski definition) is 6. The first kappa shape index (κ1) is 24.7. The Hall–Kier alpha value is -3.37. The van der Waals surface area contributed by atoms with Gasteiger partial charge in [-0.25, -0.2) is 13.1 Å². The molecule has 0 radical (unpaired) electrons. The quantitative estimate of drug-likeness (QED) is 0.497. The molecule has 4 rings (SSSR count). The van der Waals surface area contributed by atoms with Gasteiger partial charge in [-0.05, 0) is 43.2 Å². The second-order valence-corrected chi connectivity index (χ2v) is 10.2. The number of amides is 1. The number of piperazine rings is 1. The fourth-order valence-corrected chi connectivity index (χ4v) is 5.89. The zero-order chi connectivity index (χ0) is 25.2. The maximum atomic E-state index is 13.4. The Morgan fingerprint density at radius 2 is 1.77 bits per heavy atom. The van der Waals surface area contributed by atoms with E-state index < -0.39 is 10.0 Å². The van der Waals surface area contributed by atoms with Crippen LogP contribution in [0.5, 0.6) is 11.5 Å². The van der Waals surface area contributed by atoms with Gasteiger partial charge in [0.1, 0.15) is 16.4 Å². The van der Waals surface area contributed by atoms with Crippen molar-refractivity contribution >= 4 is 15.9 Å². The molecule has 186 valence electrons. The van der Waals surface area contributed by atoms with E-state index in [0.717, 1.165) is 16.9 Å². The molecular weight excluding hydrogens is 468 g/mol. The van der Waals surface area contributed by atoms with Crippen LogP contribution in [0.3, 0.4) is 0 Å². The number of aromatic nitrogens is 2. The number of aryl methyl sites for hydroxylation is 1. The normalized spacial score (nSPS) is 14.7. The van der Waals surface area contributed by atoms with Gasteiger partial charge in [-0.3, -0.25) is 4.79 Å². The summed E-state index contributed by atoms with van der Waals surface area (Å²) in [6, 6.07) is 12.6. The number of benzene rings is 2. The molecule has 0 bridgehead atoms. The number of ether oxygens (including phenoxy) is 2. The summed E-state index contributed by atoms with van der Waals surface area (Å²) in [7, 11) is -0.915. The number of rotatable bonds is 7. The number of methoxy groups -OCH3 is 2. The summed E-state index contributed by atoms with van der Waals surface area (Å²) in [4.78, 5) is 15.1. The van der Waals surface area contributed by atoms with Gasteiger partial charge < -0.3 is 14.4 Å². The first-order valence-electron chi connectivity index (χ1n) is 11.5. The van der Waals surface area contributed by atoms with E-state index in [1.165, 1.54) is 24.6 Å². The topological polar surface area (TPSA) is 94.0 Å². The Morgan fingerprint density at radius 1 is 1.03 bits per heavy atom. The highest BCUT2D eigenvalue weighted by Gasteiger charge is 2.33. The highest BCUT2D eigenvalue weighted by atomic mass is 32.2. The number of carbonyl (C=O) groups excluding carboxylic acids is 1. The van der Waals surface area contributed by atoms with Crippen molar-refractivity contribution in [3.8, 4) is 17.2 Å². The summed E-state index contributed by atoms with van der Waals surface area (Å²) in [6.45, 7) is 4.93. The van der Waals surface area contributed by atoms with Gasteiger partial charge >= 0.3 is 0 Å². The molecule has 1 aliphatic rings. The van der Waals surface area contributed by atoms with Gasteiger partial charge in [0.2, 0.25) is 10.0 Å². The predicted molar refractivity (Wildman–Crippen MR) is 132 cm³/mol. The van der Waals surface area contributed by atoms with Crippen molar-refractivity contribution in [2.45, 2.75) is 25.2 Å². The molecule has 0 atom stereocenters. The third-order valence-electron chi connectivity index (χ3n) is 6.19. The summed E-state index contributed by atoms with van der Waals surface area (Å²) in [5.41, 5.74) is 3.39. The molecule has 1 aromatic heterocycles. The van der Waals surface area contributed by atoms with Crippen LogP contribution in [0.25, 0.3) is 5.69 Å². The molecule has 1 aliphatic heterocycles. The van der Waals surface area contributed by atoms with Crippen molar-refractivity contribution in [2.24, 2.45) is 0 Å². The van der Waals surface area contributed by atoms with Crippen molar-refractivity contribution in [3.05, 3.63) is 65.5 Å². The summed E-state index contributed by atoms with van der Waals surface area (Å²) >= 11 is 0. The predicted octanol–water partition coefficient (Wildman–Crippen LogP) is 2.91. The van der Waals surface area contributed by atoms with E-state index in [-0.39, 0.29) is 42.7 Å². The third kappa shape index (κ3) is 4.76. The largest absolute Gasteiger partial charge is 0.497 e. The Labute approximate surface area is 205 Å². The second-order valence-electron chi connectivity index (χ2n) is 8.32. The number of carbonyl (C=O) groups is 1. The maximum absolute atomic E-state index is 13.4. The lowest BCUT2D eigenvalue weighted by atomic mass is 10.1. The molecule has 0 saturated carbocycles. The van der Waals surface area contributed by atoms with E-state index in [2.05, 4.69) is 5.10 Å². The molecule has 2 heterocycles. The monoisotopic (exact) mass is 498 g/mol. The van der Waals surface area contributed by atoms with Crippen LogP contribution in [-0.4, -0.2) is 73.7 Å². The van der Waals surface area contributed by atoms with Crippen molar-refractivity contribution < 1.29 is 22.7 Å². The fourth-order valence-electron chi connectivity index (χ4n) is 4.30. The Kier molecular flexibility index (Phi) is 7.13. The molecule has 2 aromatic carbocycles. The second kappa shape index (κ2) is 10.1. The molecule has 10 heteroatoms. The van der Waals surface area contributed by atoms with Crippen molar-refractivity contribution in [2.75, 3.05) is 40.4 Å². The zero-order valence-corrected chi connectivity index (χ0v) is 21.2. The summed E-state index contributed by atoms with van der Waals surface area (Å²) < 4.78 is 40.3. The lowest BCUT2D eigenvalue weighted by Crippen LogP contribution is -2.50. The number of hydrogen-bond donors (Lipinski definition) is 0. The van der Waals surface area contributed by atoms with Crippen LogP contribution < -0.4 is 9.47 Å². The van der Waals surface area contributed by atoms with E-state index in [4.69, 9.17) is 9.47 Å². The molecule has 0 aliphatic carbocycles. The van der Waals surface area contributed by atoms with Crippen LogP contribution in [0, 0.1) is 6.92 Å². The first-order valence-corrected chi connectivity index (χ1v) is 12.9. The van der Waals surface area contributed by atoms with Gasteiger partial charge in [-0.1, -0.05) is 19.1 Å². The SMILES string of the molecule is CCc1c(C(=O)N2CCN(S(=O)(=O)c3cc(OC)ccc3OC)CC2)cnn1-c1cccc(C)c1. The lowest BCUT2D eigenvalue weighted by molar-refractivity contribution is 0.0696. The minimum absolute atomic E-state index is 0.0480. The fraction of sp³-hybridized carbons (Fsp3) is 0.360. The molecular formula is C25H30N4O5S. The maximum Gasteiger partial charge on any atom is 0.257 e. The van der Waals surface area contributed by atoms with E-state index in [1.54, 1.807) is 27.9 Å². The highest BCUT2D eigenvalue weighted by molar-refractivity contribution is 7.89. The van der Waals surface area contributed by atoms with Crippen LogP contribution in [0.1, 0.15) is 28.5 Å². The van der Waals surface area contributed by atoms with Crippen molar-refractivity contribution in [1.29, 1.82) is 0 Å². The first-order chi connectivity index (χ1) is 16.8. The minimum Gasteiger partial charge on any atom is -0.497 e. The van der Waals surface area contributed by atoms with Gasteiger partial charge in [0.15, 0.2) is 0 Å². The summed E-state index contributed by atoms with van der Waals surface area (Å²) in [5.74, 6) is 0.535. The van der Waals surface area contributed by atoms with Crippen LogP contribution in [0.2, 0.25) is 0 Å². The molecule has 0 spiro atoms. The van der Waals surface area contributed by atoms with Crippen LogP contribution in [0.4, 0.5) is 0 Å². The summed E-state index contributed by atoms with van der Waals surface area (Å²) in [5, 5.41) is 4.48. The van der Waals surface area contributed by atoms with Crippen molar-refractivity contribution in [1.82, 2.24) is 19.0 Å². The molecule has 1 saturated heterocycles. The third-order valence-corrected chi connectivity index (χ3v) is 8.11. The van der Waals surface area contributed by atoms with Crippen LogP contribution in [-0.2, 0) is 16.4 Å². The Bertz CT molecular complexity index is 1330. The van der Waals surface area contributed by atoms with Gasteiger partial charge in [0.05, 0.1) is 37.4 Å². The zero-order valence-electron chi connectivity index (χ0n) is 20.4. The number of nitrogens with zero attached hydrogens (tertiary/aromatic N) is 4. The molecule has 0 N–H and O–H groups in total. The van der Waals surface area contributed by atoms with Gasteiger partial charge in [0, 0.05) is 32.2 Å². The highest BCUT2D eigenvalue weighted by Crippen LogP contribution is 2.31. The van der Waals surface area contributed by atoms with E-state index in [0.29, 0.717) is 17.7 Å². The Morgan fingerprint density at radius 3 is 2.40 bits per heavy atom. The standard InChI is InChI=1S/C25H30N4O5S/c1-5-22-21(17-26-29(22)19-8-6-7-18(2)15-19)25(30)27-11-13-28(14-12-27)35(31,32)24-16-20(33-3)9-10-23(24)34-4/h6-10,15-17H,5,11-14H2,1-4H3. The average Bonchev–Trinajstić information content (AvgIpc) is 3.32. The van der Waals surface area contributed by atoms with Gasteiger partial charge in [-0.15, -0.1) is 0 Å².